The zero-order chi connectivity index (χ0) is 15.7. The number of hydrogen-bond acceptors (Lipinski definition) is 2. The summed E-state index contributed by atoms with van der Waals surface area (Å²) < 4.78 is 1.03. The Morgan fingerprint density at radius 3 is 2.38 bits per heavy atom. The fraction of sp³-hybridized carbons (Fsp3) is 0.467. The van der Waals surface area contributed by atoms with E-state index in [1.54, 1.807) is 11.8 Å². The van der Waals surface area contributed by atoms with E-state index in [1.807, 2.05) is 26.0 Å². The van der Waals surface area contributed by atoms with E-state index in [0.717, 1.165) is 21.3 Å². The number of benzene rings is 1. The number of carboxylic acids is 1. The van der Waals surface area contributed by atoms with Gasteiger partial charge >= 0.3 is 12.0 Å². The zero-order valence-electron chi connectivity index (χ0n) is 12.3. The SMILES string of the molecule is Cc1cc(NC(=O)N2CCC(C(=O)O)C2C)cc(C)c1Br. The lowest BCUT2D eigenvalue weighted by atomic mass is 10.0. The number of nitrogens with zero attached hydrogens (tertiary/aromatic N) is 1. The minimum Gasteiger partial charge on any atom is -0.481 e. The molecule has 1 fully saturated rings. The number of urea groups is 1. The van der Waals surface area contributed by atoms with Crippen molar-refractivity contribution in [2.45, 2.75) is 33.2 Å². The van der Waals surface area contributed by atoms with Crippen LogP contribution in [0.1, 0.15) is 24.5 Å². The Morgan fingerprint density at radius 1 is 1.33 bits per heavy atom. The maximum absolute atomic E-state index is 12.3. The number of carbonyl (C=O) groups is 2. The molecular weight excluding hydrogens is 336 g/mol. The average molecular weight is 355 g/mol. The number of anilines is 1. The fourth-order valence-corrected chi connectivity index (χ4v) is 3.00. The highest BCUT2D eigenvalue weighted by Crippen LogP contribution is 2.27. The maximum atomic E-state index is 12.3. The quantitative estimate of drug-likeness (QED) is 0.854. The summed E-state index contributed by atoms with van der Waals surface area (Å²) in [6.07, 6.45) is 0.502. The lowest BCUT2D eigenvalue weighted by molar-refractivity contribution is -0.142. The molecule has 21 heavy (non-hydrogen) atoms. The molecule has 2 atom stereocenters. The van der Waals surface area contributed by atoms with Crippen LogP contribution >= 0.6 is 15.9 Å². The van der Waals surface area contributed by atoms with Crippen molar-refractivity contribution in [3.63, 3.8) is 0 Å². The van der Waals surface area contributed by atoms with Crippen molar-refractivity contribution in [1.29, 1.82) is 0 Å². The molecule has 1 aliphatic heterocycles. The molecule has 1 aromatic carbocycles. The summed E-state index contributed by atoms with van der Waals surface area (Å²) in [6, 6.07) is 3.25. The van der Waals surface area contributed by atoms with Crippen LogP contribution < -0.4 is 5.32 Å². The predicted molar refractivity (Wildman–Crippen MR) is 84.5 cm³/mol. The number of amides is 2. The van der Waals surface area contributed by atoms with Crippen LogP contribution in [0.25, 0.3) is 0 Å². The number of aliphatic carboxylic acids is 1. The third-order valence-corrected chi connectivity index (χ3v) is 5.27. The molecule has 1 aromatic rings. The van der Waals surface area contributed by atoms with E-state index in [2.05, 4.69) is 21.2 Å². The second-order valence-corrected chi connectivity index (χ2v) is 6.31. The van der Waals surface area contributed by atoms with Crippen LogP contribution in [0.4, 0.5) is 10.5 Å². The number of carbonyl (C=O) groups excluding carboxylic acids is 1. The Kier molecular flexibility index (Phi) is 4.56. The smallest absolute Gasteiger partial charge is 0.322 e. The number of rotatable bonds is 2. The second-order valence-electron chi connectivity index (χ2n) is 5.52. The molecule has 0 spiro atoms. The van der Waals surface area contributed by atoms with Gasteiger partial charge in [-0.15, -0.1) is 0 Å². The third kappa shape index (κ3) is 3.20. The topological polar surface area (TPSA) is 69.6 Å². The number of hydrogen-bond donors (Lipinski definition) is 2. The third-order valence-electron chi connectivity index (χ3n) is 4.02. The number of likely N-dealkylation sites (tertiary alicyclic amines) is 1. The Hall–Kier alpha value is -1.56. The van der Waals surface area contributed by atoms with Gasteiger partial charge in [-0.1, -0.05) is 15.9 Å². The first-order valence-electron chi connectivity index (χ1n) is 6.88. The van der Waals surface area contributed by atoms with E-state index in [4.69, 9.17) is 5.11 Å². The van der Waals surface area contributed by atoms with Crippen LogP contribution in [0.2, 0.25) is 0 Å². The molecule has 1 aliphatic rings. The summed E-state index contributed by atoms with van der Waals surface area (Å²) >= 11 is 3.49. The summed E-state index contributed by atoms with van der Waals surface area (Å²) in [5.41, 5.74) is 2.82. The van der Waals surface area contributed by atoms with Crippen LogP contribution in [0.3, 0.4) is 0 Å². The number of aryl methyl sites for hydroxylation is 2. The van der Waals surface area contributed by atoms with E-state index >= 15 is 0 Å². The summed E-state index contributed by atoms with van der Waals surface area (Å²) in [7, 11) is 0. The van der Waals surface area contributed by atoms with Crippen molar-refractivity contribution in [3.05, 3.63) is 27.7 Å². The molecule has 6 heteroatoms. The first-order chi connectivity index (χ1) is 9.81. The summed E-state index contributed by atoms with van der Waals surface area (Å²) in [4.78, 5) is 25.0. The number of halogens is 1. The van der Waals surface area contributed by atoms with Gasteiger partial charge < -0.3 is 15.3 Å². The van der Waals surface area contributed by atoms with E-state index < -0.39 is 11.9 Å². The number of nitrogens with one attached hydrogen (secondary N) is 1. The van der Waals surface area contributed by atoms with E-state index in [1.165, 1.54) is 0 Å². The summed E-state index contributed by atoms with van der Waals surface area (Å²) in [5, 5.41) is 12.0. The Labute approximate surface area is 132 Å². The molecular formula is C15H19BrN2O3. The van der Waals surface area contributed by atoms with Gasteiger partial charge in [-0.3, -0.25) is 4.79 Å². The molecule has 2 N–H and O–H groups in total. The van der Waals surface area contributed by atoms with E-state index in [-0.39, 0.29) is 12.1 Å². The van der Waals surface area contributed by atoms with Gasteiger partial charge in [0, 0.05) is 22.7 Å². The highest BCUT2D eigenvalue weighted by Gasteiger charge is 2.38. The molecule has 114 valence electrons. The van der Waals surface area contributed by atoms with Crippen molar-refractivity contribution in [3.8, 4) is 0 Å². The first-order valence-corrected chi connectivity index (χ1v) is 7.67. The summed E-state index contributed by atoms with van der Waals surface area (Å²) in [5.74, 6) is -1.32. The summed E-state index contributed by atoms with van der Waals surface area (Å²) in [6.45, 7) is 6.18. The molecule has 5 nitrogen and oxygen atoms in total. The Bertz CT molecular complexity index is 565. The normalized spacial score (nSPS) is 21.4. The molecule has 1 heterocycles. The average Bonchev–Trinajstić information content (AvgIpc) is 2.77. The first kappa shape index (κ1) is 15.8. The van der Waals surface area contributed by atoms with Gasteiger partial charge in [0.05, 0.1) is 5.92 Å². The highest BCUT2D eigenvalue weighted by atomic mass is 79.9. The van der Waals surface area contributed by atoms with Gasteiger partial charge in [-0.2, -0.15) is 0 Å². The lowest BCUT2D eigenvalue weighted by Crippen LogP contribution is -2.40. The van der Waals surface area contributed by atoms with Crippen molar-refractivity contribution >= 4 is 33.6 Å². The Balaban J connectivity index is 2.11. The largest absolute Gasteiger partial charge is 0.481 e. The predicted octanol–water partition coefficient (Wildman–Crippen LogP) is 3.39. The molecule has 0 radical (unpaired) electrons. The van der Waals surface area contributed by atoms with Crippen LogP contribution in [-0.2, 0) is 4.79 Å². The van der Waals surface area contributed by atoms with E-state index in [0.29, 0.717) is 13.0 Å². The van der Waals surface area contributed by atoms with Crippen molar-refractivity contribution in [1.82, 2.24) is 4.90 Å². The Morgan fingerprint density at radius 2 is 1.90 bits per heavy atom. The van der Waals surface area contributed by atoms with Crippen molar-refractivity contribution in [2.24, 2.45) is 5.92 Å². The molecule has 0 bridgehead atoms. The van der Waals surface area contributed by atoms with Crippen LogP contribution in [0, 0.1) is 19.8 Å². The molecule has 1 saturated heterocycles. The minimum absolute atomic E-state index is 0.243. The fourth-order valence-electron chi connectivity index (χ4n) is 2.77. The van der Waals surface area contributed by atoms with Crippen molar-refractivity contribution in [2.75, 3.05) is 11.9 Å². The van der Waals surface area contributed by atoms with Gasteiger partial charge in [0.15, 0.2) is 0 Å². The molecule has 0 saturated carbocycles. The number of carboxylic acid groups (broad SMARTS) is 1. The lowest BCUT2D eigenvalue weighted by Gasteiger charge is -2.24. The van der Waals surface area contributed by atoms with Gasteiger partial charge in [-0.05, 0) is 50.5 Å². The molecule has 2 rings (SSSR count). The monoisotopic (exact) mass is 354 g/mol. The van der Waals surface area contributed by atoms with Crippen molar-refractivity contribution < 1.29 is 14.7 Å². The van der Waals surface area contributed by atoms with Crippen LogP contribution in [-0.4, -0.2) is 34.6 Å². The molecule has 0 aromatic heterocycles. The standard InChI is InChI=1S/C15H19BrN2O3/c1-8-6-11(7-9(2)13(8)16)17-15(21)18-5-4-12(10(18)3)14(19)20/h6-7,10,12H,4-5H2,1-3H3,(H,17,21)(H,19,20). The van der Waals surface area contributed by atoms with Crippen LogP contribution in [0.5, 0.6) is 0 Å². The minimum atomic E-state index is -0.840. The van der Waals surface area contributed by atoms with Gasteiger partial charge in [0.25, 0.3) is 0 Å². The zero-order valence-corrected chi connectivity index (χ0v) is 13.9. The molecule has 0 aliphatic carbocycles. The maximum Gasteiger partial charge on any atom is 0.322 e. The highest BCUT2D eigenvalue weighted by molar-refractivity contribution is 9.10. The van der Waals surface area contributed by atoms with Crippen LogP contribution in [0.15, 0.2) is 16.6 Å². The van der Waals surface area contributed by atoms with Gasteiger partial charge in [0.2, 0.25) is 0 Å². The molecule has 2 amide bonds. The second kappa shape index (κ2) is 6.05. The van der Waals surface area contributed by atoms with Gasteiger partial charge in [-0.25, -0.2) is 4.79 Å². The van der Waals surface area contributed by atoms with Gasteiger partial charge in [0.1, 0.15) is 0 Å². The molecule has 2 unspecified atom stereocenters. The van der Waals surface area contributed by atoms with E-state index in [9.17, 15) is 9.59 Å².